The van der Waals surface area contributed by atoms with Crippen LogP contribution in [0.1, 0.15) is 23.6 Å². The van der Waals surface area contributed by atoms with Gasteiger partial charge in [-0.15, -0.1) is 0 Å². The predicted molar refractivity (Wildman–Crippen MR) is 130 cm³/mol. The van der Waals surface area contributed by atoms with Crippen molar-refractivity contribution in [2.24, 2.45) is 0 Å². The Morgan fingerprint density at radius 2 is 1.71 bits per heavy atom. The third kappa shape index (κ3) is 4.98. The molecule has 1 saturated heterocycles. The molecule has 1 atom stereocenters. The third-order valence-electron chi connectivity index (χ3n) is 5.70. The molecule has 1 aliphatic heterocycles. The van der Waals surface area contributed by atoms with Gasteiger partial charge in [-0.3, -0.25) is 9.59 Å². The second-order valence-corrected chi connectivity index (χ2v) is 8.51. The number of aliphatic hydroxyl groups is 1. The van der Waals surface area contributed by atoms with Gasteiger partial charge in [-0.1, -0.05) is 11.6 Å². The van der Waals surface area contributed by atoms with Crippen LogP contribution in [0.15, 0.2) is 42.0 Å². The maximum absolute atomic E-state index is 13.2. The Morgan fingerprint density at radius 3 is 2.29 bits per heavy atom. The monoisotopic (exact) mass is 488 g/mol. The summed E-state index contributed by atoms with van der Waals surface area (Å²) in [6.07, 6.45) is 0.636. The average molecular weight is 489 g/mol. The van der Waals surface area contributed by atoms with Crippen molar-refractivity contribution in [3.05, 3.63) is 58.1 Å². The number of Topliss-reactive ketones (excluding diaryl/α,β-unsaturated/α-hetero) is 1. The summed E-state index contributed by atoms with van der Waals surface area (Å²) in [5.74, 6) is -0.369. The smallest absolute Gasteiger partial charge is 0.295 e. The number of amides is 1. The summed E-state index contributed by atoms with van der Waals surface area (Å²) >= 11 is 6.25. The molecule has 0 aromatic heterocycles. The number of halogens is 1. The van der Waals surface area contributed by atoms with E-state index in [1.807, 2.05) is 19.0 Å². The number of carbonyl (C=O) groups is 2. The summed E-state index contributed by atoms with van der Waals surface area (Å²) < 4.78 is 16.1. The van der Waals surface area contributed by atoms with Crippen LogP contribution in [0.25, 0.3) is 5.76 Å². The van der Waals surface area contributed by atoms with Gasteiger partial charge < -0.3 is 29.1 Å². The topological polar surface area (TPSA) is 88.5 Å². The number of likely N-dealkylation sites (tertiary alicyclic amines) is 1. The van der Waals surface area contributed by atoms with Gasteiger partial charge in [-0.2, -0.15) is 0 Å². The molecule has 1 amide bonds. The van der Waals surface area contributed by atoms with Crippen LogP contribution in [0.3, 0.4) is 0 Å². The zero-order valence-electron chi connectivity index (χ0n) is 19.9. The molecular formula is C25H29ClN2O6. The molecule has 0 radical (unpaired) electrons. The van der Waals surface area contributed by atoms with Crippen molar-refractivity contribution in [3.8, 4) is 17.2 Å². The quantitative estimate of drug-likeness (QED) is 0.327. The number of nitrogens with zero attached hydrogens (tertiary/aromatic N) is 2. The van der Waals surface area contributed by atoms with Crippen LogP contribution in [-0.4, -0.2) is 75.1 Å². The molecule has 0 saturated carbocycles. The number of hydrogen-bond acceptors (Lipinski definition) is 7. The van der Waals surface area contributed by atoms with Gasteiger partial charge in [0.2, 0.25) is 0 Å². The van der Waals surface area contributed by atoms with E-state index in [0.717, 1.165) is 6.54 Å². The van der Waals surface area contributed by atoms with Crippen LogP contribution in [0.4, 0.5) is 0 Å². The number of ketones is 1. The van der Waals surface area contributed by atoms with E-state index < -0.39 is 17.7 Å². The minimum atomic E-state index is -0.868. The molecule has 9 heteroatoms. The Hall–Kier alpha value is -3.23. The molecule has 3 rings (SSSR count). The maximum atomic E-state index is 13.2. The zero-order chi connectivity index (χ0) is 25.0. The molecule has 0 spiro atoms. The average Bonchev–Trinajstić information content (AvgIpc) is 3.07. The van der Waals surface area contributed by atoms with Crippen molar-refractivity contribution in [2.75, 3.05) is 48.5 Å². The first kappa shape index (κ1) is 25.4. The van der Waals surface area contributed by atoms with Gasteiger partial charge in [0.05, 0.1) is 38.0 Å². The Bertz CT molecular complexity index is 1110. The van der Waals surface area contributed by atoms with E-state index in [1.165, 1.54) is 32.3 Å². The predicted octanol–water partition coefficient (Wildman–Crippen LogP) is 3.74. The molecule has 1 fully saturated rings. The number of methoxy groups -OCH3 is 3. The van der Waals surface area contributed by atoms with Gasteiger partial charge in [0, 0.05) is 17.7 Å². The van der Waals surface area contributed by atoms with Crippen molar-refractivity contribution in [1.82, 2.24) is 9.80 Å². The van der Waals surface area contributed by atoms with Gasteiger partial charge in [0.1, 0.15) is 23.0 Å². The Morgan fingerprint density at radius 1 is 1.03 bits per heavy atom. The van der Waals surface area contributed by atoms with Gasteiger partial charge in [-0.25, -0.2) is 0 Å². The molecule has 1 heterocycles. The van der Waals surface area contributed by atoms with Crippen LogP contribution >= 0.6 is 11.6 Å². The van der Waals surface area contributed by atoms with Crippen LogP contribution in [0.2, 0.25) is 5.02 Å². The Labute approximate surface area is 204 Å². The number of carbonyl (C=O) groups excluding carboxylic acids is 2. The van der Waals surface area contributed by atoms with E-state index in [2.05, 4.69) is 0 Å². The first-order valence-electron chi connectivity index (χ1n) is 10.7. The van der Waals surface area contributed by atoms with E-state index in [4.69, 9.17) is 25.8 Å². The van der Waals surface area contributed by atoms with Crippen molar-refractivity contribution in [2.45, 2.75) is 12.5 Å². The molecular weight excluding hydrogens is 460 g/mol. The minimum absolute atomic E-state index is 0.0392. The lowest BCUT2D eigenvalue weighted by molar-refractivity contribution is -0.140. The minimum Gasteiger partial charge on any atom is -0.507 e. The van der Waals surface area contributed by atoms with Crippen molar-refractivity contribution < 1.29 is 28.9 Å². The Balaban J connectivity index is 2.20. The second kappa shape index (κ2) is 10.8. The standard InChI is InChI=1S/C25H29ClN2O6/c1-27(2)11-6-12-28-22(17-14-16(32-3)8-10-19(17)33-4)21(24(30)25(28)31)23(29)15-7-9-20(34-5)18(26)13-15/h7-10,13-14,22,29H,6,11-12H2,1-5H3/b23-21+/t22-/m0/s1. The first-order chi connectivity index (χ1) is 16.2. The molecule has 1 N–H and O–H groups in total. The lowest BCUT2D eigenvalue weighted by Gasteiger charge is -2.27. The first-order valence-corrected chi connectivity index (χ1v) is 11.1. The van der Waals surface area contributed by atoms with Gasteiger partial charge in [-0.05, 0) is 63.5 Å². The lowest BCUT2D eigenvalue weighted by Crippen LogP contribution is -2.32. The van der Waals surface area contributed by atoms with E-state index in [-0.39, 0.29) is 16.4 Å². The molecule has 34 heavy (non-hydrogen) atoms. The summed E-state index contributed by atoms with van der Waals surface area (Å²) in [5, 5.41) is 11.5. The summed E-state index contributed by atoms with van der Waals surface area (Å²) in [6.45, 7) is 1.03. The number of aliphatic hydroxyl groups excluding tert-OH is 1. The molecule has 2 aromatic rings. The highest BCUT2D eigenvalue weighted by Gasteiger charge is 2.47. The molecule has 8 nitrogen and oxygen atoms in total. The largest absolute Gasteiger partial charge is 0.507 e. The molecule has 2 aromatic carbocycles. The number of hydrogen-bond donors (Lipinski definition) is 1. The molecule has 0 aliphatic carbocycles. The normalized spacial score (nSPS) is 17.4. The van der Waals surface area contributed by atoms with Crippen LogP contribution in [-0.2, 0) is 9.59 Å². The number of ether oxygens (including phenoxy) is 3. The highest BCUT2D eigenvalue weighted by Crippen LogP contribution is 2.44. The highest BCUT2D eigenvalue weighted by molar-refractivity contribution is 6.46. The fourth-order valence-electron chi connectivity index (χ4n) is 4.01. The lowest BCUT2D eigenvalue weighted by atomic mass is 9.94. The number of benzene rings is 2. The maximum Gasteiger partial charge on any atom is 0.295 e. The van der Waals surface area contributed by atoms with E-state index >= 15 is 0 Å². The molecule has 1 aliphatic rings. The SMILES string of the molecule is COc1ccc(OC)c([C@H]2/C(=C(\O)c3ccc(OC)c(Cl)c3)C(=O)C(=O)N2CCCN(C)C)c1. The molecule has 182 valence electrons. The number of rotatable bonds is 9. The van der Waals surface area contributed by atoms with E-state index in [0.29, 0.717) is 41.3 Å². The van der Waals surface area contributed by atoms with Gasteiger partial charge in [0.25, 0.3) is 11.7 Å². The fourth-order valence-corrected chi connectivity index (χ4v) is 4.27. The summed E-state index contributed by atoms with van der Waals surface area (Å²) in [6, 6.07) is 8.94. The Kier molecular flexibility index (Phi) is 8.06. The van der Waals surface area contributed by atoms with Crippen molar-refractivity contribution >= 4 is 29.1 Å². The zero-order valence-corrected chi connectivity index (χ0v) is 20.7. The fraction of sp³-hybridized carbons (Fsp3) is 0.360. The van der Waals surface area contributed by atoms with Crippen molar-refractivity contribution in [1.29, 1.82) is 0 Å². The highest BCUT2D eigenvalue weighted by atomic mass is 35.5. The summed E-state index contributed by atoms with van der Waals surface area (Å²) in [7, 11) is 8.38. The third-order valence-corrected chi connectivity index (χ3v) is 6.00. The molecule has 0 bridgehead atoms. The second-order valence-electron chi connectivity index (χ2n) is 8.11. The van der Waals surface area contributed by atoms with E-state index in [9.17, 15) is 14.7 Å². The van der Waals surface area contributed by atoms with Gasteiger partial charge >= 0.3 is 0 Å². The van der Waals surface area contributed by atoms with Crippen LogP contribution < -0.4 is 14.2 Å². The molecule has 0 unspecified atom stereocenters. The van der Waals surface area contributed by atoms with Gasteiger partial charge in [0.15, 0.2) is 0 Å². The van der Waals surface area contributed by atoms with Crippen LogP contribution in [0.5, 0.6) is 17.2 Å². The summed E-state index contributed by atoms with van der Waals surface area (Å²) in [5.41, 5.74) is 0.790. The van der Waals surface area contributed by atoms with Crippen molar-refractivity contribution in [3.63, 3.8) is 0 Å². The summed E-state index contributed by atoms with van der Waals surface area (Å²) in [4.78, 5) is 29.8. The van der Waals surface area contributed by atoms with Crippen LogP contribution in [0, 0.1) is 0 Å². The van der Waals surface area contributed by atoms with E-state index in [1.54, 1.807) is 30.3 Å².